The van der Waals surface area contributed by atoms with E-state index in [1.807, 2.05) is 0 Å². The molecular formula is C19H20N2. The van der Waals surface area contributed by atoms with Crippen LogP contribution >= 0.6 is 0 Å². The molecule has 1 aromatic heterocycles. The number of hydrogen-bond acceptors (Lipinski definition) is 1. The van der Waals surface area contributed by atoms with Crippen molar-refractivity contribution in [1.29, 1.82) is 0 Å². The van der Waals surface area contributed by atoms with Crippen LogP contribution in [0.15, 0.2) is 54.6 Å². The first-order chi connectivity index (χ1) is 10.4. The highest BCUT2D eigenvalue weighted by Gasteiger charge is 2.22. The maximum absolute atomic E-state index is 3.76. The Hall–Kier alpha value is -2.22. The van der Waals surface area contributed by atoms with Crippen molar-refractivity contribution < 1.29 is 0 Å². The van der Waals surface area contributed by atoms with Crippen LogP contribution in [-0.2, 0) is 6.54 Å². The van der Waals surface area contributed by atoms with Gasteiger partial charge in [0.05, 0.1) is 6.04 Å². The van der Waals surface area contributed by atoms with E-state index in [-0.39, 0.29) is 0 Å². The monoisotopic (exact) mass is 276 g/mol. The summed E-state index contributed by atoms with van der Waals surface area (Å²) in [6.07, 6.45) is 2.34. The lowest BCUT2D eigenvalue weighted by Gasteiger charge is -2.18. The van der Waals surface area contributed by atoms with Crippen LogP contribution in [-0.4, -0.2) is 4.57 Å². The molecule has 0 fully saturated rings. The predicted molar refractivity (Wildman–Crippen MR) is 88.8 cm³/mol. The fourth-order valence-electron chi connectivity index (χ4n) is 3.44. The molecule has 4 rings (SSSR count). The largest absolute Gasteiger partial charge is 0.376 e. The van der Waals surface area contributed by atoms with E-state index in [1.54, 1.807) is 0 Å². The van der Waals surface area contributed by atoms with Gasteiger partial charge in [-0.1, -0.05) is 49.7 Å². The molecule has 2 aromatic carbocycles. The number of hydrogen-bond donors (Lipinski definition) is 1. The van der Waals surface area contributed by atoms with Crippen LogP contribution in [0.1, 0.15) is 37.1 Å². The summed E-state index contributed by atoms with van der Waals surface area (Å²) in [6.45, 7) is 3.21. The molecule has 2 heterocycles. The van der Waals surface area contributed by atoms with E-state index in [9.17, 15) is 0 Å². The zero-order valence-electron chi connectivity index (χ0n) is 12.3. The van der Waals surface area contributed by atoms with Gasteiger partial charge in [0.1, 0.15) is 0 Å². The Labute approximate surface area is 125 Å². The Balaban J connectivity index is 1.94. The lowest BCUT2D eigenvalue weighted by atomic mass is 10.1. The average molecular weight is 276 g/mol. The summed E-state index contributed by atoms with van der Waals surface area (Å²) < 4.78 is 2.48. The van der Waals surface area contributed by atoms with Crippen LogP contribution in [0.3, 0.4) is 0 Å². The summed E-state index contributed by atoms with van der Waals surface area (Å²) in [6, 6.07) is 20.1. The van der Waals surface area contributed by atoms with Crippen LogP contribution in [0.2, 0.25) is 0 Å². The highest BCUT2D eigenvalue weighted by molar-refractivity contribution is 5.82. The molecule has 2 nitrogen and oxygen atoms in total. The predicted octanol–water partition coefficient (Wildman–Crippen LogP) is 4.96. The zero-order valence-corrected chi connectivity index (χ0v) is 12.3. The van der Waals surface area contributed by atoms with Gasteiger partial charge in [-0.2, -0.15) is 0 Å². The first kappa shape index (κ1) is 12.5. The molecule has 1 aliphatic rings. The molecule has 1 aliphatic heterocycles. The van der Waals surface area contributed by atoms with Gasteiger partial charge in [-0.25, -0.2) is 0 Å². The number of benzene rings is 2. The fourth-order valence-corrected chi connectivity index (χ4v) is 3.44. The highest BCUT2D eigenvalue weighted by Crippen LogP contribution is 2.34. The quantitative estimate of drug-likeness (QED) is 0.700. The molecule has 0 amide bonds. The summed E-state index contributed by atoms with van der Waals surface area (Å²) in [7, 11) is 0. The van der Waals surface area contributed by atoms with Crippen molar-refractivity contribution in [2.45, 2.75) is 32.4 Å². The molecule has 1 unspecified atom stereocenters. The number of nitrogens with one attached hydrogen (secondary N) is 1. The van der Waals surface area contributed by atoms with Gasteiger partial charge < -0.3 is 9.88 Å². The van der Waals surface area contributed by atoms with E-state index >= 15 is 0 Å². The molecule has 1 N–H and O–H groups in total. The van der Waals surface area contributed by atoms with Gasteiger partial charge >= 0.3 is 0 Å². The van der Waals surface area contributed by atoms with Crippen LogP contribution in [0.25, 0.3) is 10.9 Å². The lowest BCUT2D eigenvalue weighted by Crippen LogP contribution is -2.11. The Morgan fingerprint density at radius 3 is 2.81 bits per heavy atom. The molecule has 106 valence electrons. The number of nitrogens with zero attached hydrogens (tertiary/aromatic N) is 1. The first-order valence-corrected chi connectivity index (χ1v) is 7.79. The summed E-state index contributed by atoms with van der Waals surface area (Å²) in [4.78, 5) is 0. The molecule has 21 heavy (non-hydrogen) atoms. The van der Waals surface area contributed by atoms with Crippen molar-refractivity contribution >= 4 is 16.6 Å². The third kappa shape index (κ3) is 2.02. The van der Waals surface area contributed by atoms with Gasteiger partial charge in [-0.05, 0) is 35.6 Å². The van der Waals surface area contributed by atoms with E-state index in [1.165, 1.54) is 34.3 Å². The maximum Gasteiger partial charge on any atom is 0.0665 e. The van der Waals surface area contributed by atoms with Crippen LogP contribution < -0.4 is 5.32 Å². The van der Waals surface area contributed by atoms with E-state index in [2.05, 4.69) is 71.4 Å². The maximum atomic E-state index is 3.76. The van der Waals surface area contributed by atoms with Gasteiger partial charge in [-0.15, -0.1) is 0 Å². The Morgan fingerprint density at radius 2 is 1.90 bits per heavy atom. The molecule has 0 aliphatic carbocycles. The smallest absolute Gasteiger partial charge is 0.0665 e. The third-order valence-electron chi connectivity index (χ3n) is 4.45. The summed E-state index contributed by atoms with van der Waals surface area (Å²) in [5, 5.41) is 5.10. The van der Waals surface area contributed by atoms with Crippen molar-refractivity contribution in [3.8, 4) is 0 Å². The zero-order chi connectivity index (χ0) is 14.2. The first-order valence-electron chi connectivity index (χ1n) is 7.79. The lowest BCUT2D eigenvalue weighted by molar-refractivity contribution is 0.635. The Morgan fingerprint density at radius 1 is 1.10 bits per heavy atom. The number of anilines is 1. The minimum atomic E-state index is 0.394. The molecule has 0 spiro atoms. The average Bonchev–Trinajstić information content (AvgIpc) is 2.80. The second-order valence-corrected chi connectivity index (χ2v) is 5.86. The summed E-state index contributed by atoms with van der Waals surface area (Å²) in [5.74, 6) is 0. The van der Waals surface area contributed by atoms with Gasteiger partial charge in [0.25, 0.3) is 0 Å². The number of aromatic nitrogens is 1. The molecule has 0 radical (unpaired) electrons. The topological polar surface area (TPSA) is 17.0 Å². The van der Waals surface area contributed by atoms with Crippen LogP contribution in [0, 0.1) is 0 Å². The number of para-hydroxylation sites is 2. The Bertz CT molecular complexity index is 785. The molecule has 0 saturated carbocycles. The van der Waals surface area contributed by atoms with E-state index in [0.717, 1.165) is 13.0 Å². The molecule has 1 atom stereocenters. The third-order valence-corrected chi connectivity index (χ3v) is 4.45. The van der Waals surface area contributed by atoms with E-state index < -0.39 is 0 Å². The van der Waals surface area contributed by atoms with Gasteiger partial charge in [0, 0.05) is 23.4 Å². The molecule has 0 bridgehead atoms. The van der Waals surface area contributed by atoms with Crippen molar-refractivity contribution in [3.63, 3.8) is 0 Å². The fraction of sp³-hybridized carbons (Fsp3) is 0.263. The van der Waals surface area contributed by atoms with Crippen molar-refractivity contribution in [3.05, 3.63) is 65.9 Å². The normalized spacial score (nSPS) is 16.9. The van der Waals surface area contributed by atoms with Crippen LogP contribution in [0.5, 0.6) is 0 Å². The standard InChI is InChI=1S/C19H20N2/c1-2-7-17-19-12-14-8-4-6-11-18(14)21(19)13-15-9-3-5-10-16(15)20-17/h3-6,8-12,17,20H,2,7,13H2,1H3. The number of fused-ring (bicyclic) bond motifs is 4. The molecule has 2 heteroatoms. The highest BCUT2D eigenvalue weighted by atomic mass is 15.1. The van der Waals surface area contributed by atoms with Gasteiger partial charge in [0.2, 0.25) is 0 Å². The minimum Gasteiger partial charge on any atom is -0.376 e. The second-order valence-electron chi connectivity index (χ2n) is 5.86. The molecular weight excluding hydrogens is 256 g/mol. The summed E-state index contributed by atoms with van der Waals surface area (Å²) in [5.41, 5.74) is 5.41. The molecule has 3 aromatic rings. The SMILES string of the molecule is CCCC1Nc2ccccc2Cn2c1cc1ccccc12. The summed E-state index contributed by atoms with van der Waals surface area (Å²) >= 11 is 0. The molecule has 0 saturated heterocycles. The number of rotatable bonds is 2. The van der Waals surface area contributed by atoms with E-state index in [0.29, 0.717) is 6.04 Å². The van der Waals surface area contributed by atoms with Crippen molar-refractivity contribution in [2.24, 2.45) is 0 Å². The van der Waals surface area contributed by atoms with Crippen LogP contribution in [0.4, 0.5) is 5.69 Å². The van der Waals surface area contributed by atoms with E-state index in [4.69, 9.17) is 0 Å². The van der Waals surface area contributed by atoms with Gasteiger partial charge in [-0.3, -0.25) is 0 Å². The Kier molecular flexibility index (Phi) is 2.95. The van der Waals surface area contributed by atoms with Crippen molar-refractivity contribution in [1.82, 2.24) is 4.57 Å². The second kappa shape index (κ2) is 4.96. The minimum absolute atomic E-state index is 0.394. The van der Waals surface area contributed by atoms with Crippen molar-refractivity contribution in [2.75, 3.05) is 5.32 Å². The van der Waals surface area contributed by atoms with Gasteiger partial charge in [0.15, 0.2) is 0 Å².